The van der Waals surface area contributed by atoms with Crippen LogP contribution in [-0.4, -0.2) is 24.6 Å². The SMILES string of the molecule is COC(=O)CC(SC)C(Cl)c1ccccc1. The number of carbonyl (C=O) groups excluding carboxylic acids is 1. The van der Waals surface area contributed by atoms with Crippen molar-refractivity contribution in [2.75, 3.05) is 13.4 Å². The van der Waals surface area contributed by atoms with Crippen molar-refractivity contribution in [2.45, 2.75) is 17.0 Å². The lowest BCUT2D eigenvalue weighted by atomic mass is 10.1. The number of hydrogen-bond acceptors (Lipinski definition) is 3. The highest BCUT2D eigenvalue weighted by atomic mass is 35.5. The topological polar surface area (TPSA) is 26.3 Å². The van der Waals surface area contributed by atoms with Gasteiger partial charge in [0, 0.05) is 5.25 Å². The molecule has 0 amide bonds. The molecular formula is C12H15ClO2S. The minimum Gasteiger partial charge on any atom is -0.469 e. The van der Waals surface area contributed by atoms with E-state index in [0.717, 1.165) is 5.56 Å². The van der Waals surface area contributed by atoms with Gasteiger partial charge in [0.15, 0.2) is 0 Å². The molecule has 0 aliphatic heterocycles. The van der Waals surface area contributed by atoms with E-state index in [9.17, 15) is 4.79 Å². The van der Waals surface area contributed by atoms with Gasteiger partial charge in [-0.15, -0.1) is 11.6 Å². The van der Waals surface area contributed by atoms with Crippen LogP contribution in [0.15, 0.2) is 30.3 Å². The van der Waals surface area contributed by atoms with E-state index < -0.39 is 0 Å². The molecule has 1 aromatic carbocycles. The standard InChI is InChI=1S/C12H15ClO2S/c1-15-11(14)8-10(16-2)12(13)9-6-4-3-5-7-9/h3-7,10,12H,8H2,1-2H3. The number of hydrogen-bond donors (Lipinski definition) is 0. The van der Waals surface area contributed by atoms with Crippen LogP contribution in [0, 0.1) is 0 Å². The van der Waals surface area contributed by atoms with Crippen LogP contribution in [0.2, 0.25) is 0 Å². The molecule has 0 saturated carbocycles. The summed E-state index contributed by atoms with van der Waals surface area (Å²) < 4.78 is 4.66. The number of ether oxygens (including phenoxy) is 1. The van der Waals surface area contributed by atoms with Crippen LogP contribution in [0.3, 0.4) is 0 Å². The second-order valence-corrected chi connectivity index (χ2v) is 4.91. The zero-order valence-electron chi connectivity index (χ0n) is 9.35. The van der Waals surface area contributed by atoms with Crippen LogP contribution < -0.4 is 0 Å². The van der Waals surface area contributed by atoms with E-state index in [4.69, 9.17) is 11.6 Å². The summed E-state index contributed by atoms with van der Waals surface area (Å²) in [6, 6.07) is 9.78. The Kier molecular flexibility index (Phi) is 5.71. The van der Waals surface area contributed by atoms with Crippen molar-refractivity contribution in [3.8, 4) is 0 Å². The molecule has 0 radical (unpaired) electrons. The van der Waals surface area contributed by atoms with Crippen LogP contribution >= 0.6 is 23.4 Å². The number of halogens is 1. The van der Waals surface area contributed by atoms with E-state index in [1.807, 2.05) is 36.6 Å². The zero-order valence-corrected chi connectivity index (χ0v) is 10.9. The second kappa shape index (κ2) is 6.81. The monoisotopic (exact) mass is 258 g/mol. The van der Waals surface area contributed by atoms with Crippen LogP contribution in [0.1, 0.15) is 17.4 Å². The Balaban J connectivity index is 2.70. The molecule has 2 unspecified atom stereocenters. The quantitative estimate of drug-likeness (QED) is 0.599. The third-order valence-electron chi connectivity index (χ3n) is 2.34. The maximum atomic E-state index is 11.2. The smallest absolute Gasteiger partial charge is 0.306 e. The van der Waals surface area contributed by atoms with Crippen molar-refractivity contribution in [1.82, 2.24) is 0 Å². The highest BCUT2D eigenvalue weighted by Crippen LogP contribution is 2.33. The van der Waals surface area contributed by atoms with Crippen molar-refractivity contribution in [3.05, 3.63) is 35.9 Å². The van der Waals surface area contributed by atoms with E-state index in [0.29, 0.717) is 6.42 Å². The summed E-state index contributed by atoms with van der Waals surface area (Å²) in [5.41, 5.74) is 1.03. The van der Waals surface area contributed by atoms with Crippen LogP contribution in [0.5, 0.6) is 0 Å². The van der Waals surface area contributed by atoms with Crippen molar-refractivity contribution in [2.24, 2.45) is 0 Å². The average Bonchev–Trinajstić information content (AvgIpc) is 2.35. The Bertz CT molecular complexity index is 329. The molecule has 0 aromatic heterocycles. The summed E-state index contributed by atoms with van der Waals surface area (Å²) >= 11 is 7.93. The second-order valence-electron chi connectivity index (χ2n) is 3.37. The molecule has 0 N–H and O–H groups in total. The van der Waals surface area contributed by atoms with Crippen molar-refractivity contribution in [1.29, 1.82) is 0 Å². The summed E-state index contributed by atoms with van der Waals surface area (Å²) in [6.45, 7) is 0. The van der Waals surface area contributed by atoms with Crippen molar-refractivity contribution >= 4 is 29.3 Å². The first-order chi connectivity index (χ1) is 7.69. The van der Waals surface area contributed by atoms with Gasteiger partial charge in [0.2, 0.25) is 0 Å². The van der Waals surface area contributed by atoms with Crippen LogP contribution in [0.4, 0.5) is 0 Å². The third kappa shape index (κ3) is 3.72. The van der Waals surface area contributed by atoms with E-state index in [1.165, 1.54) is 7.11 Å². The fraction of sp³-hybridized carbons (Fsp3) is 0.417. The average molecular weight is 259 g/mol. The summed E-state index contributed by atoms with van der Waals surface area (Å²) in [5.74, 6) is -0.221. The number of methoxy groups -OCH3 is 1. The molecule has 0 spiro atoms. The van der Waals surface area contributed by atoms with Gasteiger partial charge in [0.05, 0.1) is 18.9 Å². The molecule has 0 saturated heterocycles. The van der Waals surface area contributed by atoms with Crippen LogP contribution in [-0.2, 0) is 9.53 Å². The highest BCUT2D eigenvalue weighted by Gasteiger charge is 2.23. The lowest BCUT2D eigenvalue weighted by Crippen LogP contribution is -2.16. The Labute approximate surface area is 105 Å². The number of benzene rings is 1. The van der Waals surface area contributed by atoms with E-state index in [2.05, 4.69) is 4.74 Å². The molecule has 1 rings (SSSR count). The summed E-state index contributed by atoms with van der Waals surface area (Å²) in [6.07, 6.45) is 2.28. The largest absolute Gasteiger partial charge is 0.469 e. The lowest BCUT2D eigenvalue weighted by Gasteiger charge is -2.19. The van der Waals surface area contributed by atoms with Gasteiger partial charge in [0.25, 0.3) is 0 Å². The highest BCUT2D eigenvalue weighted by molar-refractivity contribution is 7.99. The van der Waals surface area contributed by atoms with Gasteiger partial charge in [-0.25, -0.2) is 0 Å². The number of carbonyl (C=O) groups is 1. The van der Waals surface area contributed by atoms with Gasteiger partial charge in [-0.2, -0.15) is 11.8 Å². The van der Waals surface area contributed by atoms with Gasteiger partial charge in [-0.1, -0.05) is 30.3 Å². The maximum absolute atomic E-state index is 11.2. The van der Waals surface area contributed by atoms with Crippen molar-refractivity contribution < 1.29 is 9.53 Å². The minimum absolute atomic E-state index is 0.0384. The fourth-order valence-electron chi connectivity index (χ4n) is 1.41. The minimum atomic E-state index is -0.221. The predicted octanol–water partition coefficient (Wildman–Crippen LogP) is 3.26. The molecule has 0 bridgehead atoms. The van der Waals surface area contributed by atoms with Gasteiger partial charge < -0.3 is 4.74 Å². The molecule has 1 aromatic rings. The Morgan fingerprint density at radius 2 is 2.06 bits per heavy atom. The number of rotatable bonds is 5. The van der Waals surface area contributed by atoms with Crippen LogP contribution in [0.25, 0.3) is 0 Å². The molecule has 2 nitrogen and oxygen atoms in total. The third-order valence-corrected chi connectivity index (χ3v) is 4.09. The first-order valence-electron chi connectivity index (χ1n) is 4.97. The zero-order chi connectivity index (χ0) is 12.0. The molecule has 88 valence electrons. The first kappa shape index (κ1) is 13.4. The maximum Gasteiger partial charge on any atom is 0.306 e. The fourth-order valence-corrected chi connectivity index (χ4v) is 2.65. The molecule has 2 atom stereocenters. The Hall–Kier alpha value is -0.670. The molecule has 0 heterocycles. The summed E-state index contributed by atoms with van der Waals surface area (Å²) in [7, 11) is 1.39. The Morgan fingerprint density at radius 1 is 1.44 bits per heavy atom. The van der Waals surface area contributed by atoms with Gasteiger partial charge in [-0.3, -0.25) is 4.79 Å². The molecule has 16 heavy (non-hydrogen) atoms. The summed E-state index contributed by atoms with van der Waals surface area (Å²) in [5, 5.41) is -0.133. The lowest BCUT2D eigenvalue weighted by molar-refractivity contribution is -0.140. The van der Waals surface area contributed by atoms with Crippen molar-refractivity contribution in [3.63, 3.8) is 0 Å². The van der Waals surface area contributed by atoms with Gasteiger partial charge in [-0.05, 0) is 11.8 Å². The van der Waals surface area contributed by atoms with E-state index >= 15 is 0 Å². The van der Waals surface area contributed by atoms with E-state index in [1.54, 1.807) is 11.8 Å². The summed E-state index contributed by atoms with van der Waals surface area (Å²) in [4.78, 5) is 11.2. The van der Waals surface area contributed by atoms with Gasteiger partial charge >= 0.3 is 5.97 Å². The molecule has 4 heteroatoms. The normalized spacial score (nSPS) is 14.2. The van der Waals surface area contributed by atoms with Gasteiger partial charge in [0.1, 0.15) is 0 Å². The number of esters is 1. The molecule has 0 fully saturated rings. The molecule has 0 aliphatic rings. The molecule has 0 aliphatic carbocycles. The number of thioether (sulfide) groups is 1. The number of alkyl halides is 1. The van der Waals surface area contributed by atoms with E-state index in [-0.39, 0.29) is 16.6 Å². The Morgan fingerprint density at radius 3 is 2.56 bits per heavy atom. The molecular weight excluding hydrogens is 244 g/mol. The first-order valence-corrected chi connectivity index (χ1v) is 6.70. The predicted molar refractivity (Wildman–Crippen MR) is 69.0 cm³/mol.